The number of hydrogen-bond donors (Lipinski definition) is 1. The lowest BCUT2D eigenvalue weighted by molar-refractivity contribution is 0.153. The molecule has 2 unspecified atom stereocenters. The standard InChI is InChI=1S/C18H20FNO/c1-11-4-5-13(8-12(11)2)17-10-16(20-3)15-7-6-14(19)9-18(15)21-17/h4-9,16-17,20H,10H2,1-3H3. The lowest BCUT2D eigenvalue weighted by atomic mass is 9.92. The van der Waals surface area contributed by atoms with Crippen LogP contribution in [-0.2, 0) is 0 Å². The summed E-state index contributed by atoms with van der Waals surface area (Å²) in [4.78, 5) is 0. The first-order valence-corrected chi connectivity index (χ1v) is 7.29. The second kappa shape index (κ2) is 5.49. The van der Waals surface area contributed by atoms with E-state index in [1.807, 2.05) is 13.1 Å². The zero-order chi connectivity index (χ0) is 15.0. The van der Waals surface area contributed by atoms with Gasteiger partial charge in [-0.2, -0.15) is 0 Å². The summed E-state index contributed by atoms with van der Waals surface area (Å²) in [5.74, 6) is 0.383. The van der Waals surface area contributed by atoms with Gasteiger partial charge >= 0.3 is 0 Å². The zero-order valence-electron chi connectivity index (χ0n) is 12.6. The van der Waals surface area contributed by atoms with Crippen molar-refractivity contribution in [2.45, 2.75) is 32.4 Å². The van der Waals surface area contributed by atoms with E-state index in [2.05, 4.69) is 37.4 Å². The Hall–Kier alpha value is -1.87. The van der Waals surface area contributed by atoms with E-state index in [0.29, 0.717) is 5.75 Å². The minimum Gasteiger partial charge on any atom is -0.485 e. The molecule has 0 amide bonds. The maximum Gasteiger partial charge on any atom is 0.127 e. The monoisotopic (exact) mass is 285 g/mol. The van der Waals surface area contributed by atoms with Gasteiger partial charge in [0, 0.05) is 24.1 Å². The number of aryl methyl sites for hydroxylation is 2. The van der Waals surface area contributed by atoms with Crippen LogP contribution in [0.15, 0.2) is 36.4 Å². The smallest absolute Gasteiger partial charge is 0.127 e. The number of benzene rings is 2. The van der Waals surface area contributed by atoms with Crippen molar-refractivity contribution in [3.63, 3.8) is 0 Å². The summed E-state index contributed by atoms with van der Waals surface area (Å²) in [6.07, 6.45) is 0.800. The van der Waals surface area contributed by atoms with Gasteiger partial charge in [-0.25, -0.2) is 4.39 Å². The van der Waals surface area contributed by atoms with Gasteiger partial charge < -0.3 is 10.1 Å². The average molecular weight is 285 g/mol. The van der Waals surface area contributed by atoms with Crippen LogP contribution in [0.4, 0.5) is 4.39 Å². The molecular weight excluding hydrogens is 265 g/mol. The Morgan fingerprint density at radius 3 is 2.62 bits per heavy atom. The van der Waals surface area contributed by atoms with Gasteiger partial charge in [0.15, 0.2) is 0 Å². The predicted octanol–water partition coefficient (Wildman–Crippen LogP) is 4.23. The summed E-state index contributed by atoms with van der Waals surface area (Å²) in [5.41, 5.74) is 4.69. The maximum absolute atomic E-state index is 13.5. The Bertz CT molecular complexity index is 668. The fraction of sp³-hybridized carbons (Fsp3) is 0.333. The first-order chi connectivity index (χ1) is 10.1. The van der Waals surface area contributed by atoms with E-state index in [9.17, 15) is 4.39 Å². The third-order valence-corrected chi connectivity index (χ3v) is 4.32. The number of ether oxygens (including phenoxy) is 1. The van der Waals surface area contributed by atoms with E-state index < -0.39 is 0 Å². The fourth-order valence-corrected chi connectivity index (χ4v) is 2.88. The van der Waals surface area contributed by atoms with Crippen LogP contribution < -0.4 is 10.1 Å². The molecule has 0 spiro atoms. The summed E-state index contributed by atoms with van der Waals surface area (Å²) >= 11 is 0. The molecule has 21 heavy (non-hydrogen) atoms. The highest BCUT2D eigenvalue weighted by Gasteiger charge is 2.28. The van der Waals surface area contributed by atoms with Crippen LogP contribution in [0.3, 0.4) is 0 Å². The molecule has 110 valence electrons. The van der Waals surface area contributed by atoms with E-state index >= 15 is 0 Å². The molecule has 0 fully saturated rings. The van der Waals surface area contributed by atoms with Gasteiger partial charge in [-0.3, -0.25) is 0 Å². The van der Waals surface area contributed by atoms with E-state index in [-0.39, 0.29) is 18.0 Å². The van der Waals surface area contributed by atoms with Crippen molar-refractivity contribution in [1.82, 2.24) is 5.32 Å². The molecule has 1 N–H and O–H groups in total. The lowest BCUT2D eigenvalue weighted by Gasteiger charge is -2.32. The van der Waals surface area contributed by atoms with Crippen molar-refractivity contribution >= 4 is 0 Å². The summed E-state index contributed by atoms with van der Waals surface area (Å²) in [5, 5.41) is 3.30. The van der Waals surface area contributed by atoms with Gasteiger partial charge in [-0.15, -0.1) is 0 Å². The maximum atomic E-state index is 13.5. The number of halogens is 1. The van der Waals surface area contributed by atoms with Crippen molar-refractivity contribution in [1.29, 1.82) is 0 Å². The highest BCUT2D eigenvalue weighted by atomic mass is 19.1. The van der Waals surface area contributed by atoms with Gasteiger partial charge in [0.05, 0.1) is 0 Å². The Morgan fingerprint density at radius 2 is 1.90 bits per heavy atom. The SMILES string of the molecule is CNC1CC(c2ccc(C)c(C)c2)Oc2cc(F)ccc21. The normalized spacial score (nSPS) is 20.8. The number of nitrogens with one attached hydrogen (secondary N) is 1. The highest BCUT2D eigenvalue weighted by molar-refractivity contribution is 5.40. The number of fused-ring (bicyclic) bond motifs is 1. The molecule has 0 saturated carbocycles. The third kappa shape index (κ3) is 2.66. The van der Waals surface area contributed by atoms with Gasteiger partial charge in [-0.1, -0.05) is 24.3 Å². The molecule has 2 atom stereocenters. The summed E-state index contributed by atoms with van der Waals surface area (Å²) in [6.45, 7) is 4.20. The van der Waals surface area contributed by atoms with E-state index in [4.69, 9.17) is 4.74 Å². The van der Waals surface area contributed by atoms with Gasteiger partial charge in [0.1, 0.15) is 17.7 Å². The molecule has 1 aliphatic rings. The van der Waals surface area contributed by atoms with Crippen molar-refractivity contribution in [2.24, 2.45) is 0 Å². The van der Waals surface area contributed by atoms with Crippen molar-refractivity contribution in [3.05, 3.63) is 64.5 Å². The van der Waals surface area contributed by atoms with Crippen molar-refractivity contribution in [2.75, 3.05) is 7.05 Å². The first-order valence-electron chi connectivity index (χ1n) is 7.29. The minimum absolute atomic E-state index is 0.0453. The van der Waals surface area contributed by atoms with Gasteiger partial charge in [0.25, 0.3) is 0 Å². The van der Waals surface area contributed by atoms with E-state index in [0.717, 1.165) is 17.5 Å². The van der Waals surface area contributed by atoms with Crippen LogP contribution in [0.1, 0.15) is 40.8 Å². The van der Waals surface area contributed by atoms with E-state index in [1.165, 1.54) is 23.3 Å². The molecule has 0 aromatic heterocycles. The highest BCUT2D eigenvalue weighted by Crippen LogP contribution is 2.41. The van der Waals surface area contributed by atoms with Crippen LogP contribution in [0, 0.1) is 19.7 Å². The number of hydrogen-bond acceptors (Lipinski definition) is 2. The lowest BCUT2D eigenvalue weighted by Crippen LogP contribution is -2.26. The Kier molecular flexibility index (Phi) is 3.68. The molecule has 0 bridgehead atoms. The molecule has 3 heteroatoms. The van der Waals surface area contributed by atoms with Crippen LogP contribution in [-0.4, -0.2) is 7.05 Å². The van der Waals surface area contributed by atoms with Crippen molar-refractivity contribution in [3.8, 4) is 5.75 Å². The van der Waals surface area contributed by atoms with Crippen LogP contribution in [0.5, 0.6) is 5.75 Å². The summed E-state index contributed by atoms with van der Waals surface area (Å²) in [6, 6.07) is 11.3. The summed E-state index contributed by atoms with van der Waals surface area (Å²) in [7, 11) is 1.93. The first kappa shape index (κ1) is 14.1. The zero-order valence-corrected chi connectivity index (χ0v) is 12.6. The molecule has 0 aliphatic carbocycles. The molecule has 1 aliphatic heterocycles. The second-order valence-corrected chi connectivity index (χ2v) is 5.71. The second-order valence-electron chi connectivity index (χ2n) is 5.71. The Balaban J connectivity index is 1.97. The average Bonchev–Trinajstić information content (AvgIpc) is 2.48. The Morgan fingerprint density at radius 1 is 1.10 bits per heavy atom. The molecule has 2 aromatic carbocycles. The molecule has 0 saturated heterocycles. The fourth-order valence-electron chi connectivity index (χ4n) is 2.88. The molecular formula is C18H20FNO. The van der Waals surface area contributed by atoms with Gasteiger partial charge in [-0.05, 0) is 43.7 Å². The molecule has 0 radical (unpaired) electrons. The van der Waals surface area contributed by atoms with Crippen LogP contribution >= 0.6 is 0 Å². The Labute approximate surface area is 125 Å². The largest absolute Gasteiger partial charge is 0.485 e. The minimum atomic E-state index is -0.260. The quantitative estimate of drug-likeness (QED) is 0.891. The summed E-state index contributed by atoms with van der Waals surface area (Å²) < 4.78 is 19.5. The number of rotatable bonds is 2. The molecule has 3 rings (SSSR count). The van der Waals surface area contributed by atoms with Crippen LogP contribution in [0.2, 0.25) is 0 Å². The van der Waals surface area contributed by atoms with E-state index in [1.54, 1.807) is 0 Å². The third-order valence-electron chi connectivity index (χ3n) is 4.32. The molecule has 2 nitrogen and oxygen atoms in total. The van der Waals surface area contributed by atoms with Gasteiger partial charge in [0.2, 0.25) is 0 Å². The van der Waals surface area contributed by atoms with Crippen LogP contribution in [0.25, 0.3) is 0 Å². The van der Waals surface area contributed by atoms with Crippen molar-refractivity contribution < 1.29 is 9.13 Å². The topological polar surface area (TPSA) is 21.3 Å². The molecule has 2 aromatic rings. The predicted molar refractivity (Wildman–Crippen MR) is 82.1 cm³/mol. The molecule has 1 heterocycles.